The molecule has 0 amide bonds. The molecule has 0 radical (unpaired) electrons. The lowest BCUT2D eigenvalue weighted by Crippen LogP contribution is -2.32. The average Bonchev–Trinajstić information content (AvgIpc) is 3.12. The van der Waals surface area contributed by atoms with E-state index in [0.717, 1.165) is 16.4 Å². The number of hydrogen-bond acceptors (Lipinski definition) is 4. The number of alkyl halides is 3. The van der Waals surface area contributed by atoms with Crippen molar-refractivity contribution in [3.63, 3.8) is 0 Å². The van der Waals surface area contributed by atoms with Crippen molar-refractivity contribution in [3.05, 3.63) is 77.3 Å². The maximum atomic E-state index is 13.4. The van der Waals surface area contributed by atoms with E-state index in [1.165, 1.54) is 30.7 Å². The number of anilines is 1. The third kappa shape index (κ3) is 4.09. The Bertz CT molecular complexity index is 1020. The third-order valence-electron chi connectivity index (χ3n) is 3.60. The van der Waals surface area contributed by atoms with Crippen LogP contribution in [0, 0.1) is 0 Å². The van der Waals surface area contributed by atoms with Crippen LogP contribution in [0.5, 0.6) is 0 Å². The first-order valence-corrected chi connectivity index (χ1v) is 9.34. The van der Waals surface area contributed by atoms with E-state index in [1.54, 1.807) is 12.1 Å². The molecule has 0 saturated carbocycles. The Kier molecular flexibility index (Phi) is 5.16. The van der Waals surface area contributed by atoms with Gasteiger partial charge < -0.3 is 4.42 Å². The third-order valence-corrected chi connectivity index (χ3v) is 5.64. The summed E-state index contributed by atoms with van der Waals surface area (Å²) in [6.45, 7) is -0.327. The Morgan fingerprint density at radius 3 is 2.48 bits per heavy atom. The number of rotatable bonds is 5. The van der Waals surface area contributed by atoms with Gasteiger partial charge in [-0.3, -0.25) is 0 Å². The number of halogens is 4. The first-order chi connectivity index (χ1) is 12.7. The van der Waals surface area contributed by atoms with Gasteiger partial charge in [0, 0.05) is 11.2 Å². The molecular formula is C17H12ClF3N2O3S. The monoisotopic (exact) mass is 416 g/mol. The van der Waals surface area contributed by atoms with Crippen LogP contribution in [0.3, 0.4) is 0 Å². The second-order valence-electron chi connectivity index (χ2n) is 5.42. The second-order valence-corrected chi connectivity index (χ2v) is 7.68. The van der Waals surface area contributed by atoms with Gasteiger partial charge in [0.2, 0.25) is 0 Å². The zero-order chi connectivity index (χ0) is 19.7. The molecule has 2 heterocycles. The number of nitrogens with zero attached hydrogens (tertiary/aromatic N) is 2. The first kappa shape index (κ1) is 19.2. The zero-order valence-corrected chi connectivity index (χ0v) is 15.1. The summed E-state index contributed by atoms with van der Waals surface area (Å²) in [5, 5.41) is -0.225. The van der Waals surface area contributed by atoms with E-state index < -0.39 is 26.7 Å². The molecule has 0 fully saturated rings. The van der Waals surface area contributed by atoms with Crippen LogP contribution in [0.4, 0.5) is 19.0 Å². The van der Waals surface area contributed by atoms with E-state index in [4.69, 9.17) is 16.0 Å². The van der Waals surface area contributed by atoms with E-state index in [2.05, 4.69) is 4.98 Å². The van der Waals surface area contributed by atoms with Crippen molar-refractivity contribution in [2.24, 2.45) is 0 Å². The molecule has 0 aliphatic heterocycles. The lowest BCUT2D eigenvalue weighted by Gasteiger charge is -2.24. The van der Waals surface area contributed by atoms with Crippen LogP contribution in [0.2, 0.25) is 5.02 Å². The highest BCUT2D eigenvalue weighted by atomic mass is 35.5. The number of pyridine rings is 1. The van der Waals surface area contributed by atoms with Crippen molar-refractivity contribution in [1.82, 2.24) is 4.98 Å². The van der Waals surface area contributed by atoms with Gasteiger partial charge in [0.1, 0.15) is 11.6 Å². The highest BCUT2D eigenvalue weighted by Gasteiger charge is 2.40. The van der Waals surface area contributed by atoms with Crippen molar-refractivity contribution in [2.45, 2.75) is 17.6 Å². The fraction of sp³-hybridized carbons (Fsp3) is 0.118. The van der Waals surface area contributed by atoms with Gasteiger partial charge in [-0.2, -0.15) is 13.2 Å². The Morgan fingerprint density at radius 2 is 1.89 bits per heavy atom. The molecule has 142 valence electrons. The molecule has 5 nitrogen and oxygen atoms in total. The number of furan rings is 1. The summed E-state index contributed by atoms with van der Waals surface area (Å²) in [7, 11) is -4.63. The molecule has 0 atom stereocenters. The van der Waals surface area contributed by atoms with Gasteiger partial charge in [0.15, 0.2) is 0 Å². The van der Waals surface area contributed by atoms with Gasteiger partial charge in [0.25, 0.3) is 10.0 Å². The Balaban J connectivity index is 2.17. The van der Waals surface area contributed by atoms with E-state index >= 15 is 0 Å². The van der Waals surface area contributed by atoms with Crippen LogP contribution in [0.25, 0.3) is 0 Å². The highest BCUT2D eigenvalue weighted by molar-refractivity contribution is 7.92. The molecule has 10 heteroatoms. The highest BCUT2D eigenvalue weighted by Crippen LogP contribution is 2.38. The molecule has 27 heavy (non-hydrogen) atoms. The van der Waals surface area contributed by atoms with Crippen molar-refractivity contribution < 1.29 is 26.0 Å². The Labute approximate surface area is 158 Å². The summed E-state index contributed by atoms with van der Waals surface area (Å²) < 4.78 is 72.5. The summed E-state index contributed by atoms with van der Waals surface area (Å²) in [6, 6.07) is 10.0. The lowest BCUT2D eigenvalue weighted by atomic mass is 10.2. The predicted octanol–water partition coefficient (Wildman–Crippen LogP) is 4.74. The summed E-state index contributed by atoms with van der Waals surface area (Å²) in [6.07, 6.45) is -2.23. The van der Waals surface area contributed by atoms with Gasteiger partial charge in [-0.15, -0.1) is 0 Å². The maximum absolute atomic E-state index is 13.4. The summed E-state index contributed by atoms with van der Waals surface area (Å²) in [5.74, 6) is 0.198. The van der Waals surface area contributed by atoms with Crippen LogP contribution in [-0.2, 0) is 22.7 Å². The fourth-order valence-corrected chi connectivity index (χ4v) is 4.16. The molecule has 0 unspecified atom stereocenters. The largest absolute Gasteiger partial charge is 0.467 e. The smallest absolute Gasteiger partial charge is 0.417 e. The van der Waals surface area contributed by atoms with E-state index in [1.807, 2.05) is 0 Å². The molecule has 0 N–H and O–H groups in total. The molecule has 3 aromatic rings. The molecule has 0 aliphatic rings. The van der Waals surface area contributed by atoms with Crippen LogP contribution in [0.1, 0.15) is 11.3 Å². The summed E-state index contributed by atoms with van der Waals surface area (Å²) >= 11 is 5.65. The number of sulfonamides is 1. The van der Waals surface area contributed by atoms with Crippen molar-refractivity contribution >= 4 is 27.4 Å². The zero-order valence-electron chi connectivity index (χ0n) is 13.5. The molecule has 0 bridgehead atoms. The van der Waals surface area contributed by atoms with Crippen molar-refractivity contribution in [3.8, 4) is 0 Å². The normalized spacial score (nSPS) is 12.1. The molecular weight excluding hydrogens is 405 g/mol. The topological polar surface area (TPSA) is 63.4 Å². The van der Waals surface area contributed by atoms with Crippen LogP contribution >= 0.6 is 11.6 Å². The van der Waals surface area contributed by atoms with E-state index in [-0.39, 0.29) is 23.1 Å². The van der Waals surface area contributed by atoms with Crippen LogP contribution in [-0.4, -0.2) is 13.4 Å². The van der Waals surface area contributed by atoms with Gasteiger partial charge >= 0.3 is 6.18 Å². The van der Waals surface area contributed by atoms with Crippen LogP contribution in [0.15, 0.2) is 70.3 Å². The van der Waals surface area contributed by atoms with Crippen LogP contribution < -0.4 is 4.31 Å². The molecule has 2 aromatic heterocycles. The van der Waals surface area contributed by atoms with Gasteiger partial charge in [-0.25, -0.2) is 17.7 Å². The quantitative estimate of drug-likeness (QED) is 0.602. The van der Waals surface area contributed by atoms with E-state index in [9.17, 15) is 21.6 Å². The van der Waals surface area contributed by atoms with Gasteiger partial charge in [-0.1, -0.05) is 17.7 Å². The molecule has 0 saturated heterocycles. The minimum absolute atomic E-state index is 0.0445. The van der Waals surface area contributed by atoms with Gasteiger partial charge in [-0.05, 0) is 42.5 Å². The predicted molar refractivity (Wildman–Crippen MR) is 92.8 cm³/mol. The minimum Gasteiger partial charge on any atom is -0.467 e. The molecule has 1 aromatic carbocycles. The minimum atomic E-state index is -4.91. The molecule has 0 spiro atoms. The maximum Gasteiger partial charge on any atom is 0.417 e. The Morgan fingerprint density at radius 1 is 1.11 bits per heavy atom. The number of benzene rings is 1. The number of aromatic nitrogens is 1. The average molecular weight is 417 g/mol. The lowest BCUT2D eigenvalue weighted by molar-refractivity contribution is -0.139. The second kappa shape index (κ2) is 7.24. The van der Waals surface area contributed by atoms with Gasteiger partial charge in [0.05, 0.1) is 23.3 Å². The standard InChI is InChI=1S/C17H12ClF3N2O3S/c18-12-6-7-15(14(10-12)17(19,20)21)27(24,25)23(11-13-4-3-9-26-13)16-5-1-2-8-22-16/h1-10H,11H2. The van der Waals surface area contributed by atoms with Crippen molar-refractivity contribution in [2.75, 3.05) is 4.31 Å². The first-order valence-electron chi connectivity index (χ1n) is 7.52. The van der Waals surface area contributed by atoms with E-state index in [0.29, 0.717) is 6.07 Å². The SMILES string of the molecule is O=S(=O)(c1ccc(Cl)cc1C(F)(F)F)N(Cc1ccco1)c1ccccn1. The number of hydrogen-bond donors (Lipinski definition) is 0. The summed E-state index contributed by atoms with van der Waals surface area (Å²) in [4.78, 5) is 3.04. The Hall–Kier alpha value is -2.52. The molecule has 0 aliphatic carbocycles. The fourth-order valence-electron chi connectivity index (χ4n) is 2.40. The summed E-state index contributed by atoms with van der Waals surface area (Å²) in [5.41, 5.74) is -1.35. The van der Waals surface area contributed by atoms with Crippen molar-refractivity contribution in [1.29, 1.82) is 0 Å². The molecule has 3 rings (SSSR count).